The minimum atomic E-state index is -0.328. The summed E-state index contributed by atoms with van der Waals surface area (Å²) in [7, 11) is 1.74. The van der Waals surface area contributed by atoms with Gasteiger partial charge in [0, 0.05) is 29.8 Å². The van der Waals surface area contributed by atoms with Crippen molar-refractivity contribution in [2.24, 2.45) is 5.92 Å². The third-order valence-corrected chi connectivity index (χ3v) is 5.13. The van der Waals surface area contributed by atoms with Gasteiger partial charge in [-0.1, -0.05) is 30.3 Å². The lowest BCUT2D eigenvalue weighted by molar-refractivity contribution is -0.125. The minimum Gasteiger partial charge on any atom is -0.325 e. The molecule has 3 rings (SSSR count). The van der Waals surface area contributed by atoms with Crippen LogP contribution < -0.4 is 10.2 Å². The van der Waals surface area contributed by atoms with E-state index < -0.39 is 0 Å². The molecule has 2 aromatic carbocycles. The maximum Gasteiger partial charge on any atom is 0.228 e. The summed E-state index contributed by atoms with van der Waals surface area (Å²) in [6, 6.07) is 17.2. The highest BCUT2D eigenvalue weighted by molar-refractivity contribution is 7.99. The Kier molecular flexibility index (Phi) is 4.67. The summed E-state index contributed by atoms with van der Waals surface area (Å²) in [5.41, 5.74) is 1.66. The fourth-order valence-corrected chi connectivity index (χ4v) is 3.59. The second-order valence-corrected chi connectivity index (χ2v) is 6.55. The number of nitrogens with one attached hydrogen (secondary N) is 1. The van der Waals surface area contributed by atoms with Gasteiger partial charge in [0.1, 0.15) is 0 Å². The van der Waals surface area contributed by atoms with E-state index in [-0.39, 0.29) is 24.2 Å². The number of nitrogens with zero attached hydrogens (tertiary/aromatic N) is 1. The van der Waals surface area contributed by atoms with E-state index in [1.165, 1.54) is 0 Å². The summed E-state index contributed by atoms with van der Waals surface area (Å²) in [5, 5.41) is 2.93. The van der Waals surface area contributed by atoms with Crippen molar-refractivity contribution in [2.45, 2.75) is 11.3 Å². The second kappa shape index (κ2) is 6.87. The molecule has 0 aromatic heterocycles. The Hall–Kier alpha value is -2.27. The first-order valence-corrected chi connectivity index (χ1v) is 8.48. The highest BCUT2D eigenvalue weighted by atomic mass is 32.2. The first-order chi connectivity index (χ1) is 11.1. The molecule has 2 aromatic rings. The lowest BCUT2D eigenvalue weighted by Crippen LogP contribution is -2.33. The quantitative estimate of drug-likeness (QED) is 0.940. The Labute approximate surface area is 139 Å². The topological polar surface area (TPSA) is 49.4 Å². The van der Waals surface area contributed by atoms with Crippen molar-refractivity contribution in [3.05, 3.63) is 54.6 Å². The van der Waals surface area contributed by atoms with E-state index in [0.29, 0.717) is 5.75 Å². The van der Waals surface area contributed by atoms with Crippen molar-refractivity contribution in [3.63, 3.8) is 0 Å². The summed E-state index contributed by atoms with van der Waals surface area (Å²) in [5.74, 6) is 0.142. The third kappa shape index (κ3) is 3.56. The smallest absolute Gasteiger partial charge is 0.228 e. The maximum atomic E-state index is 12.5. The van der Waals surface area contributed by atoms with E-state index in [4.69, 9.17) is 0 Å². The van der Waals surface area contributed by atoms with Crippen LogP contribution in [-0.2, 0) is 9.59 Å². The van der Waals surface area contributed by atoms with Gasteiger partial charge in [-0.15, -0.1) is 11.8 Å². The molecular weight excluding hydrogens is 308 g/mol. The Morgan fingerprint density at radius 2 is 1.87 bits per heavy atom. The summed E-state index contributed by atoms with van der Waals surface area (Å²) < 4.78 is 0. The maximum absolute atomic E-state index is 12.5. The van der Waals surface area contributed by atoms with Crippen LogP contribution >= 0.6 is 11.8 Å². The molecule has 1 aliphatic rings. The molecule has 0 saturated heterocycles. The van der Waals surface area contributed by atoms with Crippen LogP contribution in [0.2, 0.25) is 0 Å². The van der Waals surface area contributed by atoms with Crippen LogP contribution in [0.3, 0.4) is 0 Å². The molecule has 0 spiro atoms. The van der Waals surface area contributed by atoms with E-state index in [1.54, 1.807) is 23.7 Å². The van der Waals surface area contributed by atoms with Gasteiger partial charge in [0.2, 0.25) is 11.8 Å². The van der Waals surface area contributed by atoms with E-state index in [9.17, 15) is 9.59 Å². The molecule has 0 radical (unpaired) electrons. The summed E-state index contributed by atoms with van der Waals surface area (Å²) in [4.78, 5) is 27.5. The standard InChI is InChI=1S/C18H18N2O2S/c1-20(14-7-3-2-4-8-14)17(21)11-13-12-23-16-10-6-5-9-15(16)19-18(13)22/h2-10,13H,11-12H2,1H3,(H,19,22). The zero-order valence-corrected chi connectivity index (χ0v) is 13.7. The number of hydrogen-bond acceptors (Lipinski definition) is 3. The molecule has 0 aliphatic carbocycles. The van der Waals surface area contributed by atoms with Crippen LogP contribution in [0.15, 0.2) is 59.5 Å². The minimum absolute atomic E-state index is 0.0529. The number of anilines is 2. The number of rotatable bonds is 3. The normalized spacial score (nSPS) is 16.9. The molecule has 1 N–H and O–H groups in total. The lowest BCUT2D eigenvalue weighted by Gasteiger charge is -2.20. The van der Waals surface area contributed by atoms with Gasteiger partial charge in [0.15, 0.2) is 0 Å². The third-order valence-electron chi connectivity index (χ3n) is 3.89. The molecule has 5 heteroatoms. The van der Waals surface area contributed by atoms with Gasteiger partial charge in [-0.3, -0.25) is 9.59 Å². The van der Waals surface area contributed by atoms with E-state index in [2.05, 4.69) is 5.32 Å². The molecule has 0 saturated carbocycles. The summed E-state index contributed by atoms with van der Waals surface area (Å²) in [6.45, 7) is 0. The second-order valence-electron chi connectivity index (χ2n) is 5.49. The molecule has 23 heavy (non-hydrogen) atoms. The van der Waals surface area contributed by atoms with E-state index in [0.717, 1.165) is 16.3 Å². The van der Waals surface area contributed by atoms with Crippen molar-refractivity contribution in [1.29, 1.82) is 0 Å². The van der Waals surface area contributed by atoms with Crippen molar-refractivity contribution < 1.29 is 9.59 Å². The van der Waals surface area contributed by atoms with Crippen LogP contribution in [-0.4, -0.2) is 24.6 Å². The van der Waals surface area contributed by atoms with Gasteiger partial charge in [-0.05, 0) is 24.3 Å². The zero-order valence-electron chi connectivity index (χ0n) is 12.9. The molecule has 0 bridgehead atoms. The van der Waals surface area contributed by atoms with Gasteiger partial charge < -0.3 is 10.2 Å². The molecular formula is C18H18N2O2S. The van der Waals surface area contributed by atoms with Crippen molar-refractivity contribution in [2.75, 3.05) is 23.0 Å². The van der Waals surface area contributed by atoms with Gasteiger partial charge in [0.05, 0.1) is 11.6 Å². The summed E-state index contributed by atoms with van der Waals surface area (Å²) in [6.07, 6.45) is 0.207. The fraction of sp³-hybridized carbons (Fsp3) is 0.222. The molecule has 0 fully saturated rings. The van der Waals surface area contributed by atoms with E-state index in [1.807, 2.05) is 54.6 Å². The predicted octanol–water partition coefficient (Wildman–Crippen LogP) is 3.40. The van der Waals surface area contributed by atoms with Crippen molar-refractivity contribution in [3.8, 4) is 0 Å². The van der Waals surface area contributed by atoms with Crippen LogP contribution in [0.1, 0.15) is 6.42 Å². The van der Waals surface area contributed by atoms with Crippen LogP contribution in [0.4, 0.5) is 11.4 Å². The summed E-state index contributed by atoms with van der Waals surface area (Å²) >= 11 is 1.62. The number of para-hydroxylation sites is 2. The number of carbonyl (C=O) groups excluding carboxylic acids is 2. The van der Waals surface area contributed by atoms with Gasteiger partial charge in [-0.25, -0.2) is 0 Å². The average molecular weight is 326 g/mol. The zero-order chi connectivity index (χ0) is 16.2. The number of amides is 2. The Balaban J connectivity index is 1.69. The number of carbonyl (C=O) groups is 2. The van der Waals surface area contributed by atoms with Crippen LogP contribution in [0.5, 0.6) is 0 Å². The monoisotopic (exact) mass is 326 g/mol. The molecule has 2 amide bonds. The Bertz CT molecular complexity index is 718. The Morgan fingerprint density at radius 1 is 1.17 bits per heavy atom. The van der Waals surface area contributed by atoms with Crippen LogP contribution in [0, 0.1) is 5.92 Å². The predicted molar refractivity (Wildman–Crippen MR) is 93.8 cm³/mol. The number of thioether (sulfide) groups is 1. The lowest BCUT2D eigenvalue weighted by atomic mass is 10.1. The van der Waals surface area contributed by atoms with E-state index >= 15 is 0 Å². The van der Waals surface area contributed by atoms with Crippen molar-refractivity contribution in [1.82, 2.24) is 0 Å². The first kappa shape index (κ1) is 15.6. The highest BCUT2D eigenvalue weighted by Crippen LogP contribution is 2.33. The van der Waals surface area contributed by atoms with Crippen molar-refractivity contribution >= 4 is 35.0 Å². The van der Waals surface area contributed by atoms with Gasteiger partial charge >= 0.3 is 0 Å². The molecule has 1 heterocycles. The molecule has 1 aliphatic heterocycles. The highest BCUT2D eigenvalue weighted by Gasteiger charge is 2.27. The Morgan fingerprint density at radius 3 is 2.65 bits per heavy atom. The average Bonchev–Trinajstić information content (AvgIpc) is 2.74. The van der Waals surface area contributed by atoms with Crippen LogP contribution in [0.25, 0.3) is 0 Å². The molecule has 1 atom stereocenters. The number of benzene rings is 2. The molecule has 1 unspecified atom stereocenters. The van der Waals surface area contributed by atoms with Gasteiger partial charge in [0.25, 0.3) is 0 Å². The first-order valence-electron chi connectivity index (χ1n) is 7.49. The van der Waals surface area contributed by atoms with Gasteiger partial charge in [-0.2, -0.15) is 0 Å². The fourth-order valence-electron chi connectivity index (χ4n) is 2.49. The largest absolute Gasteiger partial charge is 0.325 e. The number of fused-ring (bicyclic) bond motifs is 1. The molecule has 118 valence electrons. The molecule has 4 nitrogen and oxygen atoms in total. The SMILES string of the molecule is CN(C(=O)CC1CSc2ccccc2NC1=O)c1ccccc1. The number of hydrogen-bond donors (Lipinski definition) is 1.